The molecule has 22 heavy (non-hydrogen) atoms. The van der Waals surface area contributed by atoms with Crippen LogP contribution < -0.4 is 0 Å². The molecule has 0 aliphatic heterocycles. The minimum absolute atomic E-state index is 0.108. The predicted molar refractivity (Wildman–Crippen MR) is 83.2 cm³/mol. The molecule has 0 bridgehead atoms. The SMILES string of the molecule is CCc1nc(CO)n(CC)c1Sc1cc(C#N)cc(C#N)c1. The van der Waals surface area contributed by atoms with Crippen LogP contribution in [0.5, 0.6) is 0 Å². The van der Waals surface area contributed by atoms with Gasteiger partial charge in [-0.2, -0.15) is 10.5 Å². The van der Waals surface area contributed by atoms with Crippen molar-refractivity contribution in [1.29, 1.82) is 10.5 Å². The molecule has 2 aromatic rings. The Morgan fingerprint density at radius 1 is 1.18 bits per heavy atom. The van der Waals surface area contributed by atoms with Crippen molar-refractivity contribution >= 4 is 11.8 Å². The lowest BCUT2D eigenvalue weighted by Crippen LogP contribution is -2.02. The fraction of sp³-hybridized carbons (Fsp3) is 0.312. The number of aryl methyl sites for hydroxylation is 1. The molecule has 1 N–H and O–H groups in total. The number of aromatic nitrogens is 2. The van der Waals surface area contributed by atoms with Crippen molar-refractivity contribution < 1.29 is 5.11 Å². The summed E-state index contributed by atoms with van der Waals surface area (Å²) in [4.78, 5) is 5.28. The lowest BCUT2D eigenvalue weighted by molar-refractivity contribution is 0.264. The van der Waals surface area contributed by atoms with E-state index in [2.05, 4.69) is 17.1 Å². The third-order valence-corrected chi connectivity index (χ3v) is 4.36. The highest BCUT2D eigenvalue weighted by Crippen LogP contribution is 2.33. The molecular weight excluding hydrogens is 296 g/mol. The minimum atomic E-state index is -0.108. The summed E-state index contributed by atoms with van der Waals surface area (Å²) in [5.41, 5.74) is 1.84. The minimum Gasteiger partial charge on any atom is -0.388 e. The van der Waals surface area contributed by atoms with Crippen LogP contribution in [0.2, 0.25) is 0 Å². The molecule has 0 atom stereocenters. The van der Waals surface area contributed by atoms with Crippen molar-refractivity contribution in [2.24, 2.45) is 0 Å². The van der Waals surface area contributed by atoms with Crippen molar-refractivity contribution in [2.75, 3.05) is 0 Å². The monoisotopic (exact) mass is 312 g/mol. The van der Waals surface area contributed by atoms with Gasteiger partial charge in [0.2, 0.25) is 0 Å². The van der Waals surface area contributed by atoms with E-state index in [-0.39, 0.29) is 6.61 Å². The van der Waals surface area contributed by atoms with Crippen LogP contribution in [-0.4, -0.2) is 14.7 Å². The summed E-state index contributed by atoms with van der Waals surface area (Å²) in [7, 11) is 0. The molecule has 112 valence electrons. The second kappa shape index (κ2) is 7.13. The van der Waals surface area contributed by atoms with Crippen LogP contribution in [0.15, 0.2) is 28.1 Å². The van der Waals surface area contributed by atoms with Gasteiger partial charge in [0.05, 0.1) is 29.0 Å². The van der Waals surface area contributed by atoms with Crippen LogP contribution in [0.1, 0.15) is 36.5 Å². The number of benzene rings is 1. The van der Waals surface area contributed by atoms with Crippen LogP contribution in [0.3, 0.4) is 0 Å². The van der Waals surface area contributed by atoms with E-state index < -0.39 is 0 Å². The largest absolute Gasteiger partial charge is 0.388 e. The maximum absolute atomic E-state index is 9.43. The van der Waals surface area contributed by atoms with E-state index in [1.54, 1.807) is 18.2 Å². The number of hydrogen-bond donors (Lipinski definition) is 1. The molecule has 6 heteroatoms. The fourth-order valence-electron chi connectivity index (χ4n) is 2.23. The first-order chi connectivity index (χ1) is 10.7. The molecule has 0 saturated carbocycles. The summed E-state index contributed by atoms with van der Waals surface area (Å²) in [6.45, 7) is 4.61. The van der Waals surface area contributed by atoms with E-state index in [0.29, 0.717) is 23.5 Å². The standard InChI is InChI=1S/C16H16N4OS/c1-3-14-16(20(4-2)15(10-21)19-14)22-13-6-11(8-17)5-12(7-13)9-18/h5-7,21H,3-4,10H2,1-2H3. The summed E-state index contributed by atoms with van der Waals surface area (Å²) in [5, 5.41) is 28.5. The van der Waals surface area contributed by atoms with Crippen molar-refractivity contribution in [3.63, 3.8) is 0 Å². The summed E-state index contributed by atoms with van der Waals surface area (Å²) in [5.74, 6) is 0.638. The molecule has 0 spiro atoms. The quantitative estimate of drug-likeness (QED) is 0.917. The third-order valence-electron chi connectivity index (χ3n) is 3.24. The highest BCUT2D eigenvalue weighted by Gasteiger charge is 2.16. The first kappa shape index (κ1) is 16.1. The Kier molecular flexibility index (Phi) is 5.21. The van der Waals surface area contributed by atoms with Gasteiger partial charge in [0.1, 0.15) is 17.5 Å². The molecule has 5 nitrogen and oxygen atoms in total. The summed E-state index contributed by atoms with van der Waals surface area (Å²) in [6, 6.07) is 9.24. The molecule has 1 heterocycles. The zero-order valence-electron chi connectivity index (χ0n) is 12.5. The van der Waals surface area contributed by atoms with Gasteiger partial charge in [-0.1, -0.05) is 18.7 Å². The lowest BCUT2D eigenvalue weighted by atomic mass is 10.1. The molecule has 2 rings (SSSR count). The van der Waals surface area contributed by atoms with E-state index in [9.17, 15) is 5.11 Å². The van der Waals surface area contributed by atoms with Crippen LogP contribution >= 0.6 is 11.8 Å². The number of nitriles is 2. The molecular formula is C16H16N4OS. The van der Waals surface area contributed by atoms with Gasteiger partial charge in [-0.15, -0.1) is 0 Å². The molecule has 0 unspecified atom stereocenters. The Hall–Kier alpha value is -2.28. The van der Waals surface area contributed by atoms with Crippen LogP contribution in [-0.2, 0) is 19.6 Å². The molecule has 1 aromatic carbocycles. The smallest absolute Gasteiger partial charge is 0.135 e. The highest BCUT2D eigenvalue weighted by molar-refractivity contribution is 7.99. The highest BCUT2D eigenvalue weighted by atomic mass is 32.2. The Morgan fingerprint density at radius 2 is 1.82 bits per heavy atom. The predicted octanol–water partition coefficient (Wildman–Crippen LogP) is 2.85. The first-order valence-corrected chi connectivity index (χ1v) is 7.80. The van der Waals surface area contributed by atoms with Crippen LogP contribution in [0, 0.1) is 22.7 Å². The fourth-order valence-corrected chi connectivity index (χ4v) is 3.47. The van der Waals surface area contributed by atoms with Crippen molar-refractivity contribution in [1.82, 2.24) is 9.55 Å². The van der Waals surface area contributed by atoms with Gasteiger partial charge in [0, 0.05) is 11.4 Å². The Balaban J connectivity index is 2.49. The average molecular weight is 312 g/mol. The molecule has 0 aliphatic carbocycles. The van der Waals surface area contributed by atoms with Gasteiger partial charge in [-0.25, -0.2) is 4.98 Å². The zero-order valence-corrected chi connectivity index (χ0v) is 13.3. The van der Waals surface area contributed by atoms with E-state index in [4.69, 9.17) is 10.5 Å². The van der Waals surface area contributed by atoms with Crippen molar-refractivity contribution in [3.8, 4) is 12.1 Å². The maximum atomic E-state index is 9.43. The number of imidazole rings is 1. The molecule has 0 saturated heterocycles. The Labute approximate surface area is 133 Å². The Bertz CT molecular complexity index is 735. The molecule has 0 aliphatic rings. The average Bonchev–Trinajstić information content (AvgIpc) is 2.90. The molecule has 0 fully saturated rings. The van der Waals surface area contributed by atoms with Gasteiger partial charge < -0.3 is 9.67 Å². The number of aliphatic hydroxyl groups is 1. The maximum Gasteiger partial charge on any atom is 0.135 e. The number of rotatable bonds is 5. The van der Waals surface area contributed by atoms with Gasteiger partial charge >= 0.3 is 0 Å². The summed E-state index contributed by atoms with van der Waals surface area (Å²) >= 11 is 1.47. The lowest BCUT2D eigenvalue weighted by Gasteiger charge is -2.09. The molecule has 0 radical (unpaired) electrons. The van der Waals surface area contributed by atoms with Gasteiger partial charge in [0.25, 0.3) is 0 Å². The summed E-state index contributed by atoms with van der Waals surface area (Å²) in [6.07, 6.45) is 0.755. The van der Waals surface area contributed by atoms with Crippen molar-refractivity contribution in [2.45, 2.75) is 43.3 Å². The normalized spacial score (nSPS) is 10.2. The van der Waals surface area contributed by atoms with E-state index >= 15 is 0 Å². The summed E-state index contributed by atoms with van der Waals surface area (Å²) < 4.78 is 1.97. The number of aliphatic hydroxyl groups excluding tert-OH is 1. The van der Waals surface area contributed by atoms with Crippen LogP contribution in [0.25, 0.3) is 0 Å². The zero-order chi connectivity index (χ0) is 16.1. The Morgan fingerprint density at radius 3 is 2.27 bits per heavy atom. The van der Waals surface area contributed by atoms with Gasteiger partial charge in [-0.3, -0.25) is 0 Å². The van der Waals surface area contributed by atoms with E-state index in [1.807, 2.05) is 18.4 Å². The second-order valence-corrected chi connectivity index (χ2v) is 5.67. The van der Waals surface area contributed by atoms with Gasteiger partial charge in [-0.05, 0) is 31.5 Å². The van der Waals surface area contributed by atoms with Crippen LogP contribution in [0.4, 0.5) is 0 Å². The first-order valence-electron chi connectivity index (χ1n) is 6.99. The van der Waals surface area contributed by atoms with Gasteiger partial charge in [0.15, 0.2) is 0 Å². The number of hydrogen-bond acceptors (Lipinski definition) is 5. The second-order valence-electron chi connectivity index (χ2n) is 4.61. The number of nitrogens with zero attached hydrogens (tertiary/aromatic N) is 4. The van der Waals surface area contributed by atoms with Crippen molar-refractivity contribution in [3.05, 3.63) is 40.8 Å². The molecule has 0 amide bonds. The van der Waals surface area contributed by atoms with E-state index in [1.165, 1.54) is 11.8 Å². The molecule has 1 aromatic heterocycles. The topological polar surface area (TPSA) is 85.6 Å². The van der Waals surface area contributed by atoms with E-state index in [0.717, 1.165) is 22.0 Å². The third kappa shape index (κ3) is 3.14.